The Labute approximate surface area is 278 Å². The second-order valence-electron chi connectivity index (χ2n) is 11.0. The Morgan fingerprint density at radius 3 is 1.71 bits per heavy atom. The van der Waals surface area contributed by atoms with Gasteiger partial charge in [0.1, 0.15) is 30.4 Å². The molecule has 0 aliphatic carbocycles. The summed E-state index contributed by atoms with van der Waals surface area (Å²) >= 11 is 0. The number of likely N-dealkylation sites (tertiary alicyclic amines) is 1. The third-order valence-corrected chi connectivity index (χ3v) is 9.60. The molecule has 0 saturated carbocycles. The van der Waals surface area contributed by atoms with Crippen molar-refractivity contribution in [3.05, 3.63) is 0 Å². The summed E-state index contributed by atoms with van der Waals surface area (Å²) in [6, 6.07) is -3.81. The molecule has 3 heterocycles. The summed E-state index contributed by atoms with van der Waals surface area (Å²) in [4.78, 5) is 13.5. The summed E-state index contributed by atoms with van der Waals surface area (Å²) in [6.45, 7) is -3.54. The largest absolute Gasteiger partial charge is 0.481 e. The summed E-state index contributed by atoms with van der Waals surface area (Å²) < 4.78 is 161. The molecule has 0 unspecified atom stereocenters. The van der Waals surface area contributed by atoms with Crippen LogP contribution in [0.3, 0.4) is 0 Å². The molecule has 30 heteroatoms. The molecule has 0 bridgehead atoms. The van der Waals surface area contributed by atoms with E-state index in [0.717, 1.165) is 7.11 Å². The van der Waals surface area contributed by atoms with Crippen LogP contribution >= 0.6 is 0 Å². The van der Waals surface area contributed by atoms with Crippen molar-refractivity contribution in [1.29, 1.82) is 0 Å². The van der Waals surface area contributed by atoms with Crippen molar-refractivity contribution in [3.63, 3.8) is 0 Å². The fraction of sp³-hybridized carbons (Fsp3) is 0.947. The van der Waals surface area contributed by atoms with E-state index in [1.807, 2.05) is 0 Å². The maximum absolute atomic E-state index is 12.2. The Balaban J connectivity index is 1.90. The minimum absolute atomic E-state index is 0.456. The predicted octanol–water partition coefficient (Wildman–Crippen LogP) is -6.66. The normalized spacial score (nSPS) is 36.9. The van der Waals surface area contributed by atoms with Gasteiger partial charge < -0.3 is 39.4 Å². The van der Waals surface area contributed by atoms with Crippen molar-refractivity contribution >= 4 is 47.4 Å². The van der Waals surface area contributed by atoms with Crippen molar-refractivity contribution in [3.8, 4) is 0 Å². The Morgan fingerprint density at radius 2 is 1.24 bits per heavy atom. The van der Waals surface area contributed by atoms with Gasteiger partial charge in [0.25, 0.3) is 0 Å². The summed E-state index contributed by atoms with van der Waals surface area (Å²) in [7, 11) is -19.4. The topological polar surface area (TPSA) is 398 Å². The molecule has 0 spiro atoms. The van der Waals surface area contributed by atoms with Crippen LogP contribution in [0.1, 0.15) is 0 Å². The van der Waals surface area contributed by atoms with Gasteiger partial charge in [-0.3, -0.25) is 27.9 Å². The minimum Gasteiger partial charge on any atom is -0.481 e. The number of nitrogens with zero attached hydrogens (tertiary/aromatic N) is 1. The number of rotatable bonds is 16. The van der Waals surface area contributed by atoms with Gasteiger partial charge in [0.15, 0.2) is 12.6 Å². The first-order valence-corrected chi connectivity index (χ1v) is 19.1. The third kappa shape index (κ3) is 12.4. The van der Waals surface area contributed by atoms with Crippen LogP contribution < -0.4 is 9.44 Å². The number of hydrogen-bond acceptors (Lipinski definition) is 19. The lowest BCUT2D eigenvalue weighted by Gasteiger charge is -2.45. The monoisotopic (exact) mass is 801 g/mol. The lowest BCUT2D eigenvalue weighted by Crippen LogP contribution is -2.65. The lowest BCUT2D eigenvalue weighted by atomic mass is 9.87. The van der Waals surface area contributed by atoms with E-state index in [2.05, 4.69) is 8.37 Å². The molecule has 0 radical (unpaired) electrons. The first kappa shape index (κ1) is 42.0. The number of carboxylic acid groups (broad SMARTS) is 1. The van der Waals surface area contributed by atoms with E-state index in [0.29, 0.717) is 0 Å². The Kier molecular flexibility index (Phi) is 13.8. The zero-order valence-corrected chi connectivity index (χ0v) is 28.0. The molecule has 0 aromatic rings. The van der Waals surface area contributed by atoms with Gasteiger partial charge in [-0.1, -0.05) is 0 Å². The first-order chi connectivity index (χ1) is 22.3. The number of carboxylic acids is 1. The number of ether oxygens (including phenoxy) is 4. The van der Waals surface area contributed by atoms with Gasteiger partial charge in [-0.05, 0) is 0 Å². The zero-order chi connectivity index (χ0) is 37.3. The number of methoxy groups -OCH3 is 1. The second-order valence-corrected chi connectivity index (χ2v) is 15.5. The molecule has 3 fully saturated rings. The maximum Gasteiger partial charge on any atom is 0.397 e. The molecule has 3 aliphatic heterocycles. The molecule has 0 amide bonds. The van der Waals surface area contributed by atoms with Crippen molar-refractivity contribution in [2.75, 3.05) is 40.0 Å². The maximum atomic E-state index is 12.2. The van der Waals surface area contributed by atoms with E-state index >= 15 is 0 Å². The molecule has 3 aliphatic rings. The number of hydrogen-bond donors (Lipinski definition) is 10. The number of carbonyl (C=O) groups is 1. The Morgan fingerprint density at radius 1 is 0.755 bits per heavy atom. The minimum atomic E-state index is -5.18. The summed E-state index contributed by atoms with van der Waals surface area (Å²) in [5.41, 5.74) is 0. The molecule has 10 N–H and O–H groups in total. The van der Waals surface area contributed by atoms with Crippen LogP contribution in [0, 0.1) is 11.8 Å². The highest BCUT2D eigenvalue weighted by Crippen LogP contribution is 2.33. The highest BCUT2D eigenvalue weighted by atomic mass is 32.3. The zero-order valence-electron chi connectivity index (χ0n) is 24.7. The van der Waals surface area contributed by atoms with Crippen molar-refractivity contribution < 1.29 is 104 Å². The van der Waals surface area contributed by atoms with Gasteiger partial charge in [0, 0.05) is 32.7 Å². The van der Waals surface area contributed by atoms with E-state index in [-0.39, 0.29) is 0 Å². The van der Waals surface area contributed by atoms with Crippen molar-refractivity contribution in [2.24, 2.45) is 11.8 Å². The van der Waals surface area contributed by atoms with Gasteiger partial charge >= 0.3 is 47.4 Å². The van der Waals surface area contributed by atoms with Crippen LogP contribution in [0.2, 0.25) is 0 Å². The van der Waals surface area contributed by atoms with E-state index in [4.69, 9.17) is 28.1 Å². The number of aliphatic carboxylic acids is 1. The van der Waals surface area contributed by atoms with Crippen LogP contribution in [0.5, 0.6) is 0 Å². The lowest BCUT2D eigenvalue weighted by molar-refractivity contribution is -0.280. The SMILES string of the molecule is CO[C@H]1O[C@H](COS(=O)(=O)O)[C@@H](CN2C[C@H](O[C@H]3O[C@H](COS(=O)(=O)O)[C@@H](O)[C@H](O)[C@H]3NS(=O)(=O)O)[C@@H](C(=O)O)C2)[C@H](O)[C@H]1NS(=O)(=O)O. The van der Waals surface area contributed by atoms with Crippen LogP contribution in [-0.4, -0.2) is 184 Å². The highest BCUT2D eigenvalue weighted by molar-refractivity contribution is 7.84. The Hall–Kier alpha value is -1.37. The molecule has 0 aromatic carbocycles. The van der Waals surface area contributed by atoms with Gasteiger partial charge in [0.2, 0.25) is 0 Å². The van der Waals surface area contributed by atoms with E-state index in [1.165, 1.54) is 9.62 Å². The van der Waals surface area contributed by atoms with Gasteiger partial charge in [-0.25, -0.2) is 8.37 Å². The Bertz CT molecular complexity index is 1590. The summed E-state index contributed by atoms with van der Waals surface area (Å²) in [5, 5.41) is 41.9. The van der Waals surface area contributed by atoms with E-state index in [1.54, 1.807) is 4.72 Å². The van der Waals surface area contributed by atoms with Crippen LogP contribution in [0.4, 0.5) is 0 Å². The second kappa shape index (κ2) is 16.1. The molecule has 26 nitrogen and oxygen atoms in total. The average Bonchev–Trinajstić information content (AvgIpc) is 3.34. The highest BCUT2D eigenvalue weighted by Gasteiger charge is 2.52. The summed E-state index contributed by atoms with van der Waals surface area (Å²) in [6.07, 6.45) is -14.9. The fourth-order valence-corrected chi connectivity index (χ4v) is 7.33. The first-order valence-electron chi connectivity index (χ1n) is 13.5. The number of nitrogens with one attached hydrogen (secondary N) is 2. The van der Waals surface area contributed by atoms with Gasteiger partial charge in [-0.2, -0.15) is 43.1 Å². The smallest absolute Gasteiger partial charge is 0.397 e. The fourth-order valence-electron chi connectivity index (χ4n) is 5.53. The standard InChI is InChI=1S/C19H35N3O23S4/c1-40-18-12(20-46(28,29)30)14(23)7(10(44-18)5-41-48(34,35)36)2-22-3-8(17(26)27)9(4-22)43-19-13(21-47(31,32)33)16(25)15(24)11(45-19)6-42-49(37,38)39/h7-16,18-21,23-25H,2-6H2,1H3,(H,26,27)(H,28,29,30)(H,31,32,33)(H,34,35,36)(H,37,38,39)/t7-,8+,9+,10-,11-,12-,13-,14+,15-,16-,18+,19+/m1/s1. The van der Waals surface area contributed by atoms with Crippen LogP contribution in [-0.2, 0) is 73.5 Å². The van der Waals surface area contributed by atoms with E-state index < -0.39 is 153 Å². The number of aliphatic hydroxyl groups excluding tert-OH is 3. The molecule has 49 heavy (non-hydrogen) atoms. The molecular weight excluding hydrogens is 766 g/mol. The van der Waals surface area contributed by atoms with Gasteiger partial charge in [0.05, 0.1) is 37.4 Å². The molecule has 12 atom stereocenters. The van der Waals surface area contributed by atoms with Crippen molar-refractivity contribution in [1.82, 2.24) is 14.3 Å². The molecule has 3 saturated heterocycles. The molecule has 288 valence electrons. The van der Waals surface area contributed by atoms with Crippen molar-refractivity contribution in [2.45, 2.75) is 61.3 Å². The molecule has 0 aromatic heterocycles. The van der Waals surface area contributed by atoms with Crippen LogP contribution in [0.25, 0.3) is 0 Å². The third-order valence-electron chi connectivity index (χ3n) is 7.59. The molecular formula is C19H35N3O23S4. The quantitative estimate of drug-likeness (QED) is 0.0648. The van der Waals surface area contributed by atoms with Crippen LogP contribution in [0.15, 0.2) is 0 Å². The molecule has 3 rings (SSSR count). The summed E-state index contributed by atoms with van der Waals surface area (Å²) in [5.74, 6) is -4.48. The number of aliphatic hydroxyl groups is 3. The predicted molar refractivity (Wildman–Crippen MR) is 150 cm³/mol. The van der Waals surface area contributed by atoms with Gasteiger partial charge in [-0.15, -0.1) is 0 Å². The average molecular weight is 802 g/mol. The van der Waals surface area contributed by atoms with E-state index in [9.17, 15) is 68.0 Å².